The molecule has 2 rings (SSSR count). The van der Waals surface area contributed by atoms with Crippen molar-refractivity contribution >= 4 is 5.96 Å². The molecule has 2 N–H and O–H groups in total. The van der Waals surface area contributed by atoms with Crippen LogP contribution in [0.25, 0.3) is 0 Å². The van der Waals surface area contributed by atoms with Crippen molar-refractivity contribution in [1.29, 1.82) is 0 Å². The molecule has 0 aliphatic carbocycles. The topological polar surface area (TPSA) is 45.6 Å². The average Bonchev–Trinajstić information content (AvgIpc) is 2.38. The Kier molecular flexibility index (Phi) is 4.24. The highest BCUT2D eigenvalue weighted by atomic mass is 16.5. The summed E-state index contributed by atoms with van der Waals surface area (Å²) in [5.41, 5.74) is 1.25. The molecule has 4 nitrogen and oxygen atoms in total. The van der Waals surface area contributed by atoms with Crippen LogP contribution in [-0.2, 0) is 0 Å². The first-order chi connectivity index (χ1) is 8.34. The van der Waals surface area contributed by atoms with Gasteiger partial charge in [0.15, 0.2) is 5.96 Å². The van der Waals surface area contributed by atoms with Crippen molar-refractivity contribution in [3.8, 4) is 5.75 Å². The predicted octanol–water partition coefficient (Wildman–Crippen LogP) is 1.31. The SMILES string of the molecule is Cc1ccc(OCCNC2=NCCCN2)cc1. The van der Waals surface area contributed by atoms with Gasteiger partial charge in [0, 0.05) is 13.1 Å². The van der Waals surface area contributed by atoms with Gasteiger partial charge in [-0.05, 0) is 25.5 Å². The zero-order valence-electron chi connectivity index (χ0n) is 10.2. The van der Waals surface area contributed by atoms with E-state index in [2.05, 4.69) is 34.7 Å². The second-order valence-electron chi connectivity index (χ2n) is 4.10. The number of aryl methyl sites for hydroxylation is 1. The summed E-state index contributed by atoms with van der Waals surface area (Å²) in [6, 6.07) is 8.09. The zero-order valence-corrected chi connectivity index (χ0v) is 10.2. The number of nitrogens with zero attached hydrogens (tertiary/aromatic N) is 1. The molecule has 4 heteroatoms. The molecule has 1 aliphatic rings. The van der Waals surface area contributed by atoms with Crippen molar-refractivity contribution in [1.82, 2.24) is 10.6 Å². The van der Waals surface area contributed by atoms with Crippen LogP contribution in [-0.4, -0.2) is 32.2 Å². The minimum Gasteiger partial charge on any atom is -0.492 e. The third-order valence-corrected chi connectivity index (χ3v) is 2.58. The van der Waals surface area contributed by atoms with Gasteiger partial charge in [-0.25, -0.2) is 0 Å². The second kappa shape index (κ2) is 6.13. The fourth-order valence-corrected chi connectivity index (χ4v) is 1.62. The van der Waals surface area contributed by atoms with E-state index in [9.17, 15) is 0 Å². The molecule has 0 fully saturated rings. The van der Waals surface area contributed by atoms with Crippen LogP contribution in [0.3, 0.4) is 0 Å². The Balaban J connectivity index is 1.66. The Hall–Kier alpha value is -1.71. The summed E-state index contributed by atoms with van der Waals surface area (Å²) < 4.78 is 5.61. The van der Waals surface area contributed by atoms with Gasteiger partial charge in [0.05, 0.1) is 6.54 Å². The Labute approximate surface area is 102 Å². The predicted molar refractivity (Wildman–Crippen MR) is 69.6 cm³/mol. The van der Waals surface area contributed by atoms with E-state index in [4.69, 9.17) is 4.74 Å². The zero-order chi connectivity index (χ0) is 11.9. The van der Waals surface area contributed by atoms with Gasteiger partial charge in [0.2, 0.25) is 0 Å². The normalized spacial score (nSPS) is 14.8. The molecule has 17 heavy (non-hydrogen) atoms. The summed E-state index contributed by atoms with van der Waals surface area (Å²) in [6.45, 7) is 5.39. The summed E-state index contributed by atoms with van der Waals surface area (Å²) in [6.07, 6.45) is 1.12. The van der Waals surface area contributed by atoms with E-state index < -0.39 is 0 Å². The van der Waals surface area contributed by atoms with Crippen molar-refractivity contribution in [3.63, 3.8) is 0 Å². The van der Waals surface area contributed by atoms with Crippen molar-refractivity contribution in [2.24, 2.45) is 4.99 Å². The van der Waals surface area contributed by atoms with E-state index >= 15 is 0 Å². The maximum absolute atomic E-state index is 5.61. The van der Waals surface area contributed by atoms with E-state index in [0.717, 1.165) is 37.8 Å². The van der Waals surface area contributed by atoms with Crippen LogP contribution in [0.5, 0.6) is 5.75 Å². The van der Waals surface area contributed by atoms with Crippen molar-refractivity contribution < 1.29 is 4.74 Å². The van der Waals surface area contributed by atoms with E-state index in [1.54, 1.807) is 0 Å². The van der Waals surface area contributed by atoms with Gasteiger partial charge in [-0.1, -0.05) is 17.7 Å². The number of benzene rings is 1. The fourth-order valence-electron chi connectivity index (χ4n) is 1.62. The maximum atomic E-state index is 5.61. The molecule has 0 bridgehead atoms. The third-order valence-electron chi connectivity index (χ3n) is 2.58. The summed E-state index contributed by atoms with van der Waals surface area (Å²) in [4.78, 5) is 4.32. The molecule has 0 unspecified atom stereocenters. The molecule has 1 aromatic rings. The lowest BCUT2D eigenvalue weighted by molar-refractivity contribution is 0.321. The lowest BCUT2D eigenvalue weighted by atomic mass is 10.2. The summed E-state index contributed by atoms with van der Waals surface area (Å²) in [7, 11) is 0. The molecule has 0 aromatic heterocycles. The number of ether oxygens (including phenoxy) is 1. The lowest BCUT2D eigenvalue weighted by Crippen LogP contribution is -2.42. The second-order valence-corrected chi connectivity index (χ2v) is 4.10. The monoisotopic (exact) mass is 233 g/mol. The van der Waals surface area contributed by atoms with Crippen LogP contribution in [0.2, 0.25) is 0 Å². The Morgan fingerprint density at radius 3 is 2.88 bits per heavy atom. The van der Waals surface area contributed by atoms with Gasteiger partial charge < -0.3 is 15.4 Å². The highest BCUT2D eigenvalue weighted by molar-refractivity contribution is 5.80. The molecule has 0 spiro atoms. The first-order valence-electron chi connectivity index (χ1n) is 6.06. The van der Waals surface area contributed by atoms with Gasteiger partial charge in [-0.3, -0.25) is 4.99 Å². The van der Waals surface area contributed by atoms with E-state index in [1.165, 1.54) is 5.56 Å². The van der Waals surface area contributed by atoms with Gasteiger partial charge in [0.25, 0.3) is 0 Å². The Morgan fingerprint density at radius 1 is 1.35 bits per heavy atom. The average molecular weight is 233 g/mol. The quantitative estimate of drug-likeness (QED) is 0.771. The van der Waals surface area contributed by atoms with Gasteiger partial charge in [-0.2, -0.15) is 0 Å². The molecular weight excluding hydrogens is 214 g/mol. The summed E-state index contributed by atoms with van der Waals surface area (Å²) >= 11 is 0. The molecule has 0 atom stereocenters. The molecule has 0 saturated heterocycles. The molecule has 1 aliphatic heterocycles. The van der Waals surface area contributed by atoms with E-state index in [0.29, 0.717) is 6.61 Å². The largest absolute Gasteiger partial charge is 0.492 e. The molecule has 0 saturated carbocycles. The number of hydrogen-bond donors (Lipinski definition) is 2. The fraction of sp³-hybridized carbons (Fsp3) is 0.462. The van der Waals surface area contributed by atoms with Crippen molar-refractivity contribution in [3.05, 3.63) is 29.8 Å². The first kappa shape index (κ1) is 11.8. The van der Waals surface area contributed by atoms with Gasteiger partial charge >= 0.3 is 0 Å². The van der Waals surface area contributed by atoms with Crippen LogP contribution in [0.1, 0.15) is 12.0 Å². The smallest absolute Gasteiger partial charge is 0.191 e. The maximum Gasteiger partial charge on any atom is 0.191 e. The van der Waals surface area contributed by atoms with E-state index in [1.807, 2.05) is 12.1 Å². The number of aliphatic imine (C=N–C) groups is 1. The highest BCUT2D eigenvalue weighted by Crippen LogP contribution is 2.10. The third kappa shape index (κ3) is 3.98. The van der Waals surface area contributed by atoms with Crippen molar-refractivity contribution in [2.45, 2.75) is 13.3 Å². The summed E-state index contributed by atoms with van der Waals surface area (Å²) in [5, 5.41) is 6.43. The number of guanidine groups is 1. The van der Waals surface area contributed by atoms with Crippen molar-refractivity contribution in [2.75, 3.05) is 26.2 Å². The molecule has 1 aromatic carbocycles. The highest BCUT2D eigenvalue weighted by Gasteiger charge is 2.02. The van der Waals surface area contributed by atoms with Crippen LogP contribution in [0, 0.1) is 6.92 Å². The minimum atomic E-state index is 0.643. The Morgan fingerprint density at radius 2 is 2.18 bits per heavy atom. The Bertz CT molecular complexity index is 373. The standard InChI is InChI=1S/C13H19N3O/c1-11-3-5-12(6-4-11)17-10-9-16-13-14-7-2-8-15-13/h3-6H,2,7-10H2,1H3,(H2,14,15,16). The van der Waals surface area contributed by atoms with Gasteiger partial charge in [0.1, 0.15) is 12.4 Å². The minimum absolute atomic E-state index is 0.643. The lowest BCUT2D eigenvalue weighted by Gasteiger charge is -2.16. The van der Waals surface area contributed by atoms with E-state index in [-0.39, 0.29) is 0 Å². The molecule has 1 heterocycles. The number of rotatable bonds is 4. The van der Waals surface area contributed by atoms with Crippen LogP contribution in [0.4, 0.5) is 0 Å². The number of hydrogen-bond acceptors (Lipinski definition) is 4. The molecule has 0 radical (unpaired) electrons. The molecule has 92 valence electrons. The first-order valence-corrected chi connectivity index (χ1v) is 6.06. The van der Waals surface area contributed by atoms with Crippen LogP contribution < -0.4 is 15.4 Å². The number of nitrogens with one attached hydrogen (secondary N) is 2. The van der Waals surface area contributed by atoms with Gasteiger partial charge in [-0.15, -0.1) is 0 Å². The molecule has 0 amide bonds. The van der Waals surface area contributed by atoms with Crippen LogP contribution >= 0.6 is 0 Å². The molecular formula is C13H19N3O. The summed E-state index contributed by atoms with van der Waals surface area (Å²) in [5.74, 6) is 1.81. The van der Waals surface area contributed by atoms with Crippen LogP contribution in [0.15, 0.2) is 29.3 Å².